The average Bonchev–Trinajstić information content (AvgIpc) is 3.79. The second kappa shape index (κ2) is 13.2. The van der Waals surface area contributed by atoms with Crippen molar-refractivity contribution in [2.45, 2.75) is 0 Å². The lowest BCUT2D eigenvalue weighted by Gasteiger charge is -2.17. The van der Waals surface area contributed by atoms with Crippen LogP contribution in [-0.2, 0) is 0 Å². The number of fused-ring (bicyclic) bond motifs is 6. The van der Waals surface area contributed by atoms with E-state index in [1.807, 2.05) is 0 Å². The van der Waals surface area contributed by atoms with E-state index in [-0.39, 0.29) is 0 Å². The summed E-state index contributed by atoms with van der Waals surface area (Å²) in [5.74, 6) is 0. The molecule has 0 aliphatic rings. The van der Waals surface area contributed by atoms with Crippen molar-refractivity contribution in [3.05, 3.63) is 218 Å². The van der Waals surface area contributed by atoms with Gasteiger partial charge in [0.25, 0.3) is 0 Å². The summed E-state index contributed by atoms with van der Waals surface area (Å²) in [7, 11) is 0. The normalized spacial score (nSPS) is 11.6. The van der Waals surface area contributed by atoms with Crippen LogP contribution >= 0.6 is 0 Å². The molecule has 0 aliphatic heterocycles. The van der Waals surface area contributed by atoms with Crippen LogP contribution in [-0.4, -0.2) is 9.13 Å². The van der Waals surface area contributed by atoms with Gasteiger partial charge in [-0.1, -0.05) is 170 Å². The fourth-order valence-corrected chi connectivity index (χ4v) is 8.88. The van der Waals surface area contributed by atoms with Crippen LogP contribution in [0.3, 0.4) is 0 Å². The molecule has 2 heterocycles. The van der Waals surface area contributed by atoms with Crippen LogP contribution in [0.15, 0.2) is 218 Å². The molecule has 0 radical (unpaired) electrons. The van der Waals surface area contributed by atoms with Crippen molar-refractivity contribution < 1.29 is 0 Å². The summed E-state index contributed by atoms with van der Waals surface area (Å²) in [5, 5.41) is 4.94. The van der Waals surface area contributed by atoms with E-state index in [0.29, 0.717) is 0 Å². The van der Waals surface area contributed by atoms with Gasteiger partial charge in [0, 0.05) is 32.8 Å². The monoisotopic (exact) mass is 712 g/mol. The molecule has 0 bridgehead atoms. The number of hydrogen-bond donors (Lipinski definition) is 0. The van der Waals surface area contributed by atoms with Gasteiger partial charge in [0.05, 0.1) is 27.8 Å². The van der Waals surface area contributed by atoms with Crippen molar-refractivity contribution in [1.29, 1.82) is 0 Å². The summed E-state index contributed by atoms with van der Waals surface area (Å²) in [6, 6.07) is 79.5. The molecule has 0 fully saturated rings. The standard InChI is InChI=1S/C54H36N2/c1-4-17-37(18-5-1)42-23-10-13-28-49(42)56-52-33-31-40(54-43(38-19-6-2-7-20-38)26-16-27-44(54)39-21-8-3-9-22-39)35-47(52)48-36-41(32-34-53(48)56)55-50-29-14-11-24-45(50)46-25-12-15-30-51(46)55/h1-36H. The minimum Gasteiger partial charge on any atom is -0.309 e. The second-order valence-electron chi connectivity index (χ2n) is 14.5. The zero-order valence-corrected chi connectivity index (χ0v) is 30.7. The molecule has 0 N–H and O–H groups in total. The summed E-state index contributed by atoms with van der Waals surface area (Å²) in [4.78, 5) is 0. The minimum atomic E-state index is 1.14. The molecular weight excluding hydrogens is 677 g/mol. The maximum absolute atomic E-state index is 2.47. The summed E-state index contributed by atoms with van der Waals surface area (Å²) in [6.45, 7) is 0. The molecular formula is C54H36N2. The lowest BCUT2D eigenvalue weighted by Crippen LogP contribution is -1.98. The zero-order chi connectivity index (χ0) is 37.0. The van der Waals surface area contributed by atoms with E-state index in [2.05, 4.69) is 228 Å². The fraction of sp³-hybridized carbons (Fsp3) is 0. The highest BCUT2D eigenvalue weighted by molar-refractivity contribution is 6.14. The van der Waals surface area contributed by atoms with Gasteiger partial charge in [-0.2, -0.15) is 0 Å². The molecule has 0 spiro atoms. The van der Waals surface area contributed by atoms with Crippen molar-refractivity contribution in [2.24, 2.45) is 0 Å². The number of nitrogens with zero attached hydrogens (tertiary/aromatic N) is 2. The molecule has 262 valence electrons. The largest absolute Gasteiger partial charge is 0.309 e. The quantitative estimate of drug-likeness (QED) is 0.162. The van der Waals surface area contributed by atoms with E-state index in [9.17, 15) is 0 Å². The van der Waals surface area contributed by atoms with Crippen LogP contribution < -0.4 is 0 Å². The van der Waals surface area contributed by atoms with Gasteiger partial charge in [-0.3, -0.25) is 0 Å². The molecule has 0 aliphatic carbocycles. The van der Waals surface area contributed by atoms with Crippen molar-refractivity contribution in [3.8, 4) is 55.9 Å². The van der Waals surface area contributed by atoms with E-state index < -0.39 is 0 Å². The van der Waals surface area contributed by atoms with Crippen molar-refractivity contribution in [1.82, 2.24) is 9.13 Å². The Balaban J connectivity index is 1.23. The molecule has 0 amide bonds. The fourth-order valence-electron chi connectivity index (χ4n) is 8.88. The summed E-state index contributed by atoms with van der Waals surface area (Å²) in [5.41, 5.74) is 16.7. The maximum atomic E-state index is 2.47. The van der Waals surface area contributed by atoms with Gasteiger partial charge in [0.1, 0.15) is 0 Å². The van der Waals surface area contributed by atoms with Crippen LogP contribution in [0.5, 0.6) is 0 Å². The molecule has 11 aromatic rings. The maximum Gasteiger partial charge on any atom is 0.0542 e. The highest BCUT2D eigenvalue weighted by Gasteiger charge is 2.21. The Kier molecular flexibility index (Phi) is 7.53. The Hall–Kier alpha value is -7.42. The van der Waals surface area contributed by atoms with Gasteiger partial charge in [0.2, 0.25) is 0 Å². The lowest BCUT2D eigenvalue weighted by atomic mass is 9.87. The van der Waals surface area contributed by atoms with Crippen LogP contribution in [0.2, 0.25) is 0 Å². The van der Waals surface area contributed by atoms with Gasteiger partial charge in [-0.25, -0.2) is 0 Å². The van der Waals surface area contributed by atoms with Crippen molar-refractivity contribution in [2.75, 3.05) is 0 Å². The molecule has 0 atom stereocenters. The number of hydrogen-bond acceptors (Lipinski definition) is 0. The summed E-state index contributed by atoms with van der Waals surface area (Å²) < 4.78 is 4.89. The minimum absolute atomic E-state index is 1.14. The summed E-state index contributed by atoms with van der Waals surface area (Å²) in [6.07, 6.45) is 0. The first kappa shape index (κ1) is 32.0. The SMILES string of the molecule is c1ccc(-c2ccccc2-n2c3ccc(-c4c(-c5ccccc5)cccc4-c4ccccc4)cc3c3cc(-n4c5ccccc5c5ccccc54)ccc32)cc1. The molecule has 2 aromatic heterocycles. The summed E-state index contributed by atoms with van der Waals surface area (Å²) >= 11 is 0. The Morgan fingerprint density at radius 2 is 0.696 bits per heavy atom. The Morgan fingerprint density at radius 3 is 1.30 bits per heavy atom. The Morgan fingerprint density at radius 1 is 0.250 bits per heavy atom. The Labute approximate surface area is 325 Å². The van der Waals surface area contributed by atoms with Crippen LogP contribution in [0.25, 0.3) is 99.5 Å². The molecule has 9 aromatic carbocycles. The number of aromatic nitrogens is 2. The van der Waals surface area contributed by atoms with Crippen LogP contribution in [0.1, 0.15) is 0 Å². The van der Waals surface area contributed by atoms with E-state index in [1.54, 1.807) is 0 Å². The van der Waals surface area contributed by atoms with Crippen molar-refractivity contribution in [3.63, 3.8) is 0 Å². The molecule has 0 saturated carbocycles. The van der Waals surface area contributed by atoms with Gasteiger partial charge in [-0.15, -0.1) is 0 Å². The molecule has 11 rings (SSSR count). The predicted molar refractivity (Wildman–Crippen MR) is 237 cm³/mol. The van der Waals surface area contributed by atoms with Crippen molar-refractivity contribution >= 4 is 43.6 Å². The highest BCUT2D eigenvalue weighted by atomic mass is 15.0. The molecule has 56 heavy (non-hydrogen) atoms. The van der Waals surface area contributed by atoms with Gasteiger partial charge in [0.15, 0.2) is 0 Å². The van der Waals surface area contributed by atoms with E-state index in [4.69, 9.17) is 0 Å². The van der Waals surface area contributed by atoms with E-state index in [1.165, 1.54) is 88.1 Å². The first-order valence-corrected chi connectivity index (χ1v) is 19.3. The third kappa shape index (κ3) is 5.11. The van der Waals surface area contributed by atoms with Gasteiger partial charge < -0.3 is 9.13 Å². The first-order valence-electron chi connectivity index (χ1n) is 19.3. The van der Waals surface area contributed by atoms with E-state index in [0.717, 1.165) is 11.4 Å². The lowest BCUT2D eigenvalue weighted by molar-refractivity contribution is 1.17. The van der Waals surface area contributed by atoms with Crippen LogP contribution in [0.4, 0.5) is 0 Å². The Bertz CT molecular complexity index is 3110. The molecule has 0 saturated heterocycles. The predicted octanol–water partition coefficient (Wildman–Crippen LogP) is 14.5. The first-order chi connectivity index (χ1) is 27.8. The molecule has 0 unspecified atom stereocenters. The number of para-hydroxylation sites is 3. The number of benzene rings is 9. The smallest absolute Gasteiger partial charge is 0.0542 e. The topological polar surface area (TPSA) is 9.86 Å². The second-order valence-corrected chi connectivity index (χ2v) is 14.5. The zero-order valence-electron chi connectivity index (χ0n) is 30.7. The third-order valence-corrected chi connectivity index (χ3v) is 11.3. The van der Waals surface area contributed by atoms with Gasteiger partial charge in [-0.05, 0) is 87.5 Å². The van der Waals surface area contributed by atoms with Crippen LogP contribution in [0, 0.1) is 0 Å². The highest BCUT2D eigenvalue weighted by Crippen LogP contribution is 2.44. The third-order valence-electron chi connectivity index (χ3n) is 11.3. The average molecular weight is 713 g/mol. The van der Waals surface area contributed by atoms with Gasteiger partial charge >= 0.3 is 0 Å². The molecule has 2 nitrogen and oxygen atoms in total. The number of rotatable bonds is 6. The van der Waals surface area contributed by atoms with E-state index >= 15 is 0 Å². The molecule has 2 heteroatoms.